The Balaban J connectivity index is 1.98. The van der Waals surface area contributed by atoms with Gasteiger partial charge in [0.25, 0.3) is 5.91 Å². The highest BCUT2D eigenvalue weighted by Gasteiger charge is 2.11. The van der Waals surface area contributed by atoms with E-state index in [1.54, 1.807) is 18.2 Å². The topological polar surface area (TPSA) is 58.2 Å². The van der Waals surface area contributed by atoms with E-state index in [1.807, 2.05) is 37.3 Å². The molecule has 0 heterocycles. The van der Waals surface area contributed by atoms with Gasteiger partial charge in [-0.1, -0.05) is 35.9 Å². The third-order valence-electron chi connectivity index (χ3n) is 3.45. The summed E-state index contributed by atoms with van der Waals surface area (Å²) in [6.45, 7) is 3.84. The summed E-state index contributed by atoms with van der Waals surface area (Å²) in [4.78, 5) is 23.2. The Bertz CT molecular complexity index is 698. The van der Waals surface area contributed by atoms with Crippen LogP contribution in [0.2, 0.25) is 5.02 Å². The Labute approximate surface area is 140 Å². The highest BCUT2D eigenvalue weighted by molar-refractivity contribution is 6.30. The average molecular weight is 331 g/mol. The molecular formula is C18H19ClN2O2. The number of hydrogen-bond acceptors (Lipinski definition) is 2. The van der Waals surface area contributed by atoms with E-state index < -0.39 is 0 Å². The van der Waals surface area contributed by atoms with Gasteiger partial charge in [0.2, 0.25) is 5.91 Å². The van der Waals surface area contributed by atoms with E-state index in [9.17, 15) is 9.59 Å². The molecule has 2 aromatic rings. The number of benzene rings is 2. The zero-order valence-corrected chi connectivity index (χ0v) is 13.9. The van der Waals surface area contributed by atoms with E-state index in [1.165, 1.54) is 6.92 Å². The fraction of sp³-hybridized carbons (Fsp3) is 0.222. The van der Waals surface area contributed by atoms with Gasteiger partial charge in [-0.05, 0) is 42.3 Å². The first kappa shape index (κ1) is 17.0. The molecular weight excluding hydrogens is 312 g/mol. The van der Waals surface area contributed by atoms with Gasteiger partial charge in [0.15, 0.2) is 0 Å². The second kappa shape index (κ2) is 7.79. The van der Waals surface area contributed by atoms with Crippen LogP contribution in [0.4, 0.5) is 0 Å². The molecule has 0 radical (unpaired) electrons. The molecule has 2 N–H and O–H groups in total. The van der Waals surface area contributed by atoms with Crippen LogP contribution in [0.1, 0.15) is 41.4 Å². The predicted molar refractivity (Wildman–Crippen MR) is 91.3 cm³/mol. The molecule has 1 atom stereocenters. The van der Waals surface area contributed by atoms with Crippen LogP contribution in [0, 0.1) is 0 Å². The average Bonchev–Trinajstić information content (AvgIpc) is 2.53. The lowest BCUT2D eigenvalue weighted by molar-refractivity contribution is -0.119. The van der Waals surface area contributed by atoms with Gasteiger partial charge in [-0.25, -0.2) is 0 Å². The molecule has 0 bridgehead atoms. The third kappa shape index (κ3) is 5.11. The number of halogens is 1. The molecule has 0 aromatic heterocycles. The van der Waals surface area contributed by atoms with E-state index in [4.69, 9.17) is 11.6 Å². The summed E-state index contributed by atoms with van der Waals surface area (Å²) in [5.41, 5.74) is 2.47. The number of nitrogens with one attached hydrogen (secondary N) is 2. The first-order valence-corrected chi connectivity index (χ1v) is 7.73. The van der Waals surface area contributed by atoms with Crippen molar-refractivity contribution in [1.82, 2.24) is 10.6 Å². The van der Waals surface area contributed by atoms with Gasteiger partial charge in [0, 0.05) is 24.1 Å². The van der Waals surface area contributed by atoms with Crippen molar-refractivity contribution in [3.63, 3.8) is 0 Å². The molecule has 2 rings (SSSR count). The van der Waals surface area contributed by atoms with Gasteiger partial charge in [-0.2, -0.15) is 0 Å². The van der Waals surface area contributed by atoms with E-state index in [0.29, 0.717) is 17.1 Å². The van der Waals surface area contributed by atoms with Crippen molar-refractivity contribution < 1.29 is 9.59 Å². The molecule has 2 aromatic carbocycles. The Morgan fingerprint density at radius 3 is 2.43 bits per heavy atom. The van der Waals surface area contributed by atoms with Crippen molar-refractivity contribution in [2.45, 2.75) is 26.4 Å². The van der Waals surface area contributed by atoms with Crippen molar-refractivity contribution in [2.75, 3.05) is 0 Å². The second-order valence-corrected chi connectivity index (χ2v) is 5.79. The standard InChI is InChI=1S/C18H19ClN2O2/c1-12(16-4-3-5-17(19)10-16)21-18(23)15-8-6-14(7-9-15)11-20-13(2)22/h3-10,12H,11H2,1-2H3,(H,20,22)(H,21,23)/t12-/m0/s1. The smallest absolute Gasteiger partial charge is 0.251 e. The number of hydrogen-bond donors (Lipinski definition) is 2. The van der Waals surface area contributed by atoms with Crippen LogP contribution < -0.4 is 10.6 Å². The van der Waals surface area contributed by atoms with Crippen LogP contribution in [0.3, 0.4) is 0 Å². The molecule has 0 aliphatic rings. The van der Waals surface area contributed by atoms with Crippen molar-refractivity contribution in [1.29, 1.82) is 0 Å². The summed E-state index contributed by atoms with van der Waals surface area (Å²) in [7, 11) is 0. The predicted octanol–water partition coefficient (Wildman–Crippen LogP) is 3.47. The van der Waals surface area contributed by atoms with Crippen LogP contribution in [0.15, 0.2) is 48.5 Å². The highest BCUT2D eigenvalue weighted by Crippen LogP contribution is 2.18. The van der Waals surface area contributed by atoms with Gasteiger partial charge in [0.05, 0.1) is 6.04 Å². The largest absolute Gasteiger partial charge is 0.352 e. The Morgan fingerprint density at radius 2 is 1.83 bits per heavy atom. The van der Waals surface area contributed by atoms with Gasteiger partial charge in [0.1, 0.15) is 0 Å². The van der Waals surface area contributed by atoms with Crippen LogP contribution in [-0.4, -0.2) is 11.8 Å². The summed E-state index contributed by atoms with van der Waals surface area (Å²) >= 11 is 5.97. The zero-order chi connectivity index (χ0) is 16.8. The molecule has 0 saturated heterocycles. The summed E-state index contributed by atoms with van der Waals surface area (Å²) < 4.78 is 0. The molecule has 2 amide bonds. The second-order valence-electron chi connectivity index (χ2n) is 5.36. The summed E-state index contributed by atoms with van der Waals surface area (Å²) in [5.74, 6) is -0.231. The first-order valence-electron chi connectivity index (χ1n) is 7.35. The quantitative estimate of drug-likeness (QED) is 0.882. The molecule has 4 nitrogen and oxygen atoms in total. The van der Waals surface area contributed by atoms with Crippen molar-refractivity contribution in [3.8, 4) is 0 Å². The molecule has 5 heteroatoms. The molecule has 0 aliphatic carbocycles. The van der Waals surface area contributed by atoms with Gasteiger partial charge < -0.3 is 10.6 Å². The fourth-order valence-corrected chi connectivity index (χ4v) is 2.34. The highest BCUT2D eigenvalue weighted by atomic mass is 35.5. The van der Waals surface area contributed by atoms with Crippen LogP contribution in [-0.2, 0) is 11.3 Å². The zero-order valence-electron chi connectivity index (χ0n) is 13.1. The maximum atomic E-state index is 12.3. The Morgan fingerprint density at radius 1 is 1.13 bits per heavy atom. The minimum absolute atomic E-state index is 0.0813. The molecule has 0 saturated carbocycles. The molecule has 0 spiro atoms. The normalized spacial score (nSPS) is 11.6. The monoisotopic (exact) mass is 330 g/mol. The van der Waals surface area contributed by atoms with Crippen LogP contribution in [0.25, 0.3) is 0 Å². The summed E-state index contributed by atoms with van der Waals surface area (Å²) in [5, 5.41) is 6.30. The number of rotatable bonds is 5. The van der Waals surface area contributed by atoms with Crippen molar-refractivity contribution in [2.24, 2.45) is 0 Å². The lowest BCUT2D eigenvalue weighted by Gasteiger charge is -2.15. The maximum Gasteiger partial charge on any atom is 0.251 e. The lowest BCUT2D eigenvalue weighted by atomic mass is 10.1. The van der Waals surface area contributed by atoms with E-state index in [2.05, 4.69) is 10.6 Å². The number of amides is 2. The molecule has 0 unspecified atom stereocenters. The number of carbonyl (C=O) groups is 2. The van der Waals surface area contributed by atoms with Crippen molar-refractivity contribution >= 4 is 23.4 Å². The van der Waals surface area contributed by atoms with Gasteiger partial charge in [-0.15, -0.1) is 0 Å². The SMILES string of the molecule is CC(=O)NCc1ccc(C(=O)N[C@@H](C)c2cccc(Cl)c2)cc1. The minimum atomic E-state index is -0.149. The third-order valence-corrected chi connectivity index (χ3v) is 3.69. The summed E-state index contributed by atoms with van der Waals surface area (Å²) in [6.07, 6.45) is 0. The number of carbonyl (C=O) groups excluding carboxylic acids is 2. The Kier molecular flexibility index (Phi) is 5.77. The summed E-state index contributed by atoms with van der Waals surface area (Å²) in [6, 6.07) is 14.4. The van der Waals surface area contributed by atoms with Crippen molar-refractivity contribution in [3.05, 3.63) is 70.2 Å². The first-order chi connectivity index (χ1) is 11.0. The molecule has 0 fully saturated rings. The van der Waals surface area contributed by atoms with Gasteiger partial charge >= 0.3 is 0 Å². The maximum absolute atomic E-state index is 12.3. The molecule has 0 aliphatic heterocycles. The fourth-order valence-electron chi connectivity index (χ4n) is 2.14. The lowest BCUT2D eigenvalue weighted by Crippen LogP contribution is -2.26. The molecule has 120 valence electrons. The molecule has 23 heavy (non-hydrogen) atoms. The minimum Gasteiger partial charge on any atom is -0.352 e. The van der Waals surface area contributed by atoms with E-state index in [-0.39, 0.29) is 17.9 Å². The van der Waals surface area contributed by atoms with Gasteiger partial charge in [-0.3, -0.25) is 9.59 Å². The van der Waals surface area contributed by atoms with Crippen LogP contribution in [0.5, 0.6) is 0 Å². The van der Waals surface area contributed by atoms with Crippen LogP contribution >= 0.6 is 11.6 Å². The van der Waals surface area contributed by atoms with E-state index in [0.717, 1.165) is 11.1 Å². The van der Waals surface area contributed by atoms with E-state index >= 15 is 0 Å². The Hall–Kier alpha value is -2.33.